The van der Waals surface area contributed by atoms with Crippen molar-refractivity contribution in [2.75, 3.05) is 37.6 Å². The maximum absolute atomic E-state index is 14.6. The summed E-state index contributed by atoms with van der Waals surface area (Å²) in [4.78, 5) is 26.8. The average molecular weight is 383 g/mol. The molecule has 0 saturated carbocycles. The van der Waals surface area contributed by atoms with Gasteiger partial charge in [-0.3, -0.25) is 14.9 Å². The van der Waals surface area contributed by atoms with Crippen LogP contribution >= 0.6 is 0 Å². The van der Waals surface area contributed by atoms with Crippen molar-refractivity contribution >= 4 is 23.2 Å². The number of benzene rings is 2. The van der Waals surface area contributed by atoms with Crippen molar-refractivity contribution in [3.63, 3.8) is 0 Å². The van der Waals surface area contributed by atoms with Crippen LogP contribution in [-0.4, -0.2) is 48.3 Å². The van der Waals surface area contributed by atoms with Crippen LogP contribution in [0.15, 0.2) is 48.5 Å². The number of non-ortho nitro benzene ring substituents is 1. The summed E-state index contributed by atoms with van der Waals surface area (Å²) in [5.74, 6) is -0.723. The van der Waals surface area contributed by atoms with Gasteiger partial charge in [0.2, 0.25) is 0 Å². The number of piperazine rings is 1. The average Bonchev–Trinajstić information content (AvgIpc) is 2.72. The van der Waals surface area contributed by atoms with Crippen molar-refractivity contribution in [1.29, 1.82) is 0 Å². The Morgan fingerprint density at radius 1 is 1.14 bits per heavy atom. The zero-order valence-corrected chi connectivity index (χ0v) is 15.7. The molecule has 28 heavy (non-hydrogen) atoms. The van der Waals surface area contributed by atoms with E-state index >= 15 is 0 Å². The van der Waals surface area contributed by atoms with E-state index in [4.69, 9.17) is 0 Å². The summed E-state index contributed by atoms with van der Waals surface area (Å²) >= 11 is 0. The third-order valence-corrected chi connectivity index (χ3v) is 4.92. The maximum atomic E-state index is 14.6. The molecule has 2 aromatic carbocycles. The molecule has 0 amide bonds. The van der Waals surface area contributed by atoms with E-state index in [1.165, 1.54) is 24.3 Å². The minimum atomic E-state index is -0.481. The zero-order chi connectivity index (χ0) is 20.1. The number of hydrogen-bond acceptors (Lipinski definition) is 5. The van der Waals surface area contributed by atoms with E-state index in [0.29, 0.717) is 11.3 Å². The Labute approximate surface area is 163 Å². The lowest BCUT2D eigenvalue weighted by Gasteiger charge is -2.35. The van der Waals surface area contributed by atoms with Gasteiger partial charge in [-0.1, -0.05) is 13.0 Å². The molecule has 6 nitrogen and oxygen atoms in total. The Morgan fingerprint density at radius 2 is 1.82 bits per heavy atom. The first kappa shape index (κ1) is 19.7. The van der Waals surface area contributed by atoms with Gasteiger partial charge in [-0.2, -0.15) is 0 Å². The monoisotopic (exact) mass is 383 g/mol. The number of likely N-dealkylation sites (N-methyl/N-ethyl adjacent to an activating group) is 1. The van der Waals surface area contributed by atoms with Gasteiger partial charge in [0.25, 0.3) is 5.69 Å². The molecule has 0 N–H and O–H groups in total. The Kier molecular flexibility index (Phi) is 6.16. The second kappa shape index (κ2) is 8.75. The molecule has 1 fully saturated rings. The van der Waals surface area contributed by atoms with E-state index in [2.05, 4.69) is 11.8 Å². The van der Waals surface area contributed by atoms with Crippen LogP contribution in [0.3, 0.4) is 0 Å². The van der Waals surface area contributed by atoms with E-state index in [1.807, 2.05) is 4.90 Å². The van der Waals surface area contributed by atoms with Gasteiger partial charge in [0, 0.05) is 43.9 Å². The van der Waals surface area contributed by atoms with Gasteiger partial charge in [0.15, 0.2) is 5.78 Å². The van der Waals surface area contributed by atoms with Gasteiger partial charge in [-0.05, 0) is 48.5 Å². The summed E-state index contributed by atoms with van der Waals surface area (Å²) in [6, 6.07) is 10.4. The third-order valence-electron chi connectivity index (χ3n) is 4.92. The SMILES string of the molecule is CCN1CCN(c2ccc(C(=O)/C=C/c3ccc([N+](=O)[O-])cc3)cc2F)CC1. The number of nitrogens with zero attached hydrogens (tertiary/aromatic N) is 3. The molecule has 0 aromatic heterocycles. The fraction of sp³-hybridized carbons (Fsp3) is 0.286. The summed E-state index contributed by atoms with van der Waals surface area (Å²) in [6.45, 7) is 6.42. The molecule has 146 valence electrons. The Hall–Kier alpha value is -3.06. The quantitative estimate of drug-likeness (QED) is 0.329. The molecular weight excluding hydrogens is 361 g/mol. The number of allylic oxidation sites excluding steroid dienone is 1. The van der Waals surface area contributed by atoms with Gasteiger partial charge in [-0.15, -0.1) is 0 Å². The normalized spacial score (nSPS) is 15.1. The Morgan fingerprint density at radius 3 is 2.39 bits per heavy atom. The summed E-state index contributed by atoms with van der Waals surface area (Å²) in [6.07, 6.45) is 2.90. The molecule has 1 heterocycles. The Balaban J connectivity index is 1.67. The first-order valence-corrected chi connectivity index (χ1v) is 9.21. The summed E-state index contributed by atoms with van der Waals surface area (Å²) in [5, 5.41) is 10.7. The molecule has 7 heteroatoms. The number of rotatable bonds is 6. The lowest BCUT2D eigenvalue weighted by atomic mass is 10.1. The van der Waals surface area contributed by atoms with Crippen molar-refractivity contribution < 1.29 is 14.1 Å². The third kappa shape index (κ3) is 4.61. The van der Waals surface area contributed by atoms with Crippen molar-refractivity contribution in [1.82, 2.24) is 4.90 Å². The number of anilines is 1. The number of carbonyl (C=O) groups excluding carboxylic acids is 1. The molecule has 1 aliphatic rings. The minimum Gasteiger partial charge on any atom is -0.367 e. The molecule has 0 bridgehead atoms. The first-order valence-electron chi connectivity index (χ1n) is 9.21. The van der Waals surface area contributed by atoms with Crippen LogP contribution in [0.2, 0.25) is 0 Å². The number of halogens is 1. The summed E-state index contributed by atoms with van der Waals surface area (Å²) < 4.78 is 14.6. The predicted molar refractivity (Wildman–Crippen MR) is 107 cm³/mol. The van der Waals surface area contributed by atoms with Crippen LogP contribution in [0.1, 0.15) is 22.8 Å². The van der Waals surface area contributed by atoms with E-state index in [0.717, 1.165) is 32.7 Å². The highest BCUT2D eigenvalue weighted by Gasteiger charge is 2.19. The second-order valence-corrected chi connectivity index (χ2v) is 6.63. The fourth-order valence-corrected chi connectivity index (χ4v) is 3.20. The standard InChI is InChI=1S/C21H22FN3O3/c1-2-23-11-13-24(14-12-23)20-9-6-17(15-19(20)22)21(26)10-5-16-3-7-18(8-4-16)25(27)28/h3-10,15H,2,11-14H2,1H3/b10-5+. The lowest BCUT2D eigenvalue weighted by molar-refractivity contribution is -0.384. The van der Waals surface area contributed by atoms with Crippen LogP contribution in [0.25, 0.3) is 6.08 Å². The van der Waals surface area contributed by atoms with Crippen molar-refractivity contribution in [3.8, 4) is 0 Å². The molecule has 3 rings (SSSR count). The molecule has 2 aromatic rings. The molecular formula is C21H22FN3O3. The summed E-state index contributed by atoms with van der Waals surface area (Å²) in [7, 11) is 0. The Bertz CT molecular complexity index is 888. The molecule has 0 spiro atoms. The maximum Gasteiger partial charge on any atom is 0.269 e. The van der Waals surface area contributed by atoms with Crippen molar-refractivity contribution in [2.45, 2.75) is 6.92 Å². The zero-order valence-electron chi connectivity index (χ0n) is 15.7. The molecule has 1 saturated heterocycles. The molecule has 0 aliphatic carbocycles. The fourth-order valence-electron chi connectivity index (χ4n) is 3.20. The van der Waals surface area contributed by atoms with Crippen LogP contribution in [0, 0.1) is 15.9 Å². The number of nitro benzene ring substituents is 1. The predicted octanol–water partition coefficient (Wildman–Crippen LogP) is 3.77. The van der Waals surface area contributed by atoms with Gasteiger partial charge < -0.3 is 9.80 Å². The second-order valence-electron chi connectivity index (χ2n) is 6.63. The smallest absolute Gasteiger partial charge is 0.269 e. The lowest BCUT2D eigenvalue weighted by Crippen LogP contribution is -2.46. The molecule has 1 aliphatic heterocycles. The topological polar surface area (TPSA) is 66.7 Å². The van der Waals surface area contributed by atoms with Gasteiger partial charge in [0.1, 0.15) is 5.82 Å². The highest BCUT2D eigenvalue weighted by atomic mass is 19.1. The first-order chi connectivity index (χ1) is 13.5. The molecule has 0 unspecified atom stereocenters. The van der Waals surface area contributed by atoms with E-state index in [9.17, 15) is 19.3 Å². The molecule has 0 atom stereocenters. The van der Waals surface area contributed by atoms with Crippen LogP contribution in [-0.2, 0) is 0 Å². The van der Waals surface area contributed by atoms with E-state index < -0.39 is 10.7 Å². The largest absolute Gasteiger partial charge is 0.367 e. The molecule has 0 radical (unpaired) electrons. The number of nitro groups is 1. The van der Waals surface area contributed by atoms with Crippen molar-refractivity contribution in [2.24, 2.45) is 0 Å². The minimum absolute atomic E-state index is 0.0130. The van der Waals surface area contributed by atoms with Crippen LogP contribution in [0.4, 0.5) is 15.8 Å². The van der Waals surface area contributed by atoms with Gasteiger partial charge in [-0.25, -0.2) is 4.39 Å². The van der Waals surface area contributed by atoms with Gasteiger partial charge in [0.05, 0.1) is 10.6 Å². The highest BCUT2D eigenvalue weighted by molar-refractivity contribution is 6.07. The number of hydrogen-bond donors (Lipinski definition) is 0. The highest BCUT2D eigenvalue weighted by Crippen LogP contribution is 2.22. The van der Waals surface area contributed by atoms with Gasteiger partial charge >= 0.3 is 0 Å². The van der Waals surface area contributed by atoms with Crippen LogP contribution < -0.4 is 4.90 Å². The van der Waals surface area contributed by atoms with Crippen LogP contribution in [0.5, 0.6) is 0 Å². The summed E-state index contributed by atoms with van der Waals surface area (Å²) in [5.41, 5.74) is 1.43. The number of carbonyl (C=O) groups is 1. The van der Waals surface area contributed by atoms with E-state index in [1.54, 1.807) is 30.3 Å². The van der Waals surface area contributed by atoms with Crippen molar-refractivity contribution in [3.05, 3.63) is 75.6 Å². The number of ketones is 1. The van der Waals surface area contributed by atoms with E-state index in [-0.39, 0.29) is 17.0 Å².